The number of hydrogen-bond acceptors (Lipinski definition) is 2. The van der Waals surface area contributed by atoms with E-state index in [9.17, 15) is 9.59 Å². The monoisotopic (exact) mass is 306 g/mol. The number of carbonyl (C=O) groups is 2. The van der Waals surface area contributed by atoms with Gasteiger partial charge in [0, 0.05) is 5.02 Å². The Hall–Kier alpha value is -1.55. The fraction of sp³-hybridized carbons (Fsp3) is 0.500. The van der Waals surface area contributed by atoms with Gasteiger partial charge in [-0.15, -0.1) is 0 Å². The molecule has 3 rings (SSSR count). The maximum atomic E-state index is 12.8. The summed E-state index contributed by atoms with van der Waals surface area (Å²) in [6.45, 7) is 2.29. The lowest BCUT2D eigenvalue weighted by Crippen LogP contribution is -2.53. The SMILES string of the molecule is C[C@H]1CCCC[C@@]12NC(=O)N(Cc1ccccc1Cl)C2=O. The Balaban J connectivity index is 1.86. The van der Waals surface area contributed by atoms with Crippen molar-refractivity contribution in [2.24, 2.45) is 5.92 Å². The molecule has 4 nitrogen and oxygen atoms in total. The second-order valence-corrected chi connectivity index (χ2v) is 6.44. The van der Waals surface area contributed by atoms with Crippen LogP contribution in [0.4, 0.5) is 4.79 Å². The van der Waals surface area contributed by atoms with E-state index in [2.05, 4.69) is 12.2 Å². The topological polar surface area (TPSA) is 49.4 Å². The number of nitrogens with zero attached hydrogens (tertiary/aromatic N) is 1. The normalized spacial score (nSPS) is 29.0. The quantitative estimate of drug-likeness (QED) is 0.852. The van der Waals surface area contributed by atoms with Gasteiger partial charge in [-0.1, -0.05) is 49.6 Å². The van der Waals surface area contributed by atoms with Crippen molar-refractivity contribution in [3.8, 4) is 0 Å². The maximum absolute atomic E-state index is 12.8. The Morgan fingerprint density at radius 3 is 2.81 bits per heavy atom. The average Bonchev–Trinajstić information content (AvgIpc) is 2.70. The molecule has 1 aliphatic carbocycles. The van der Waals surface area contributed by atoms with Crippen molar-refractivity contribution in [2.75, 3.05) is 0 Å². The average molecular weight is 307 g/mol. The van der Waals surface area contributed by atoms with Crippen molar-refractivity contribution in [3.63, 3.8) is 0 Å². The number of benzene rings is 1. The van der Waals surface area contributed by atoms with Crippen LogP contribution in [0.5, 0.6) is 0 Å². The summed E-state index contributed by atoms with van der Waals surface area (Å²) in [4.78, 5) is 26.4. The Morgan fingerprint density at radius 2 is 2.10 bits per heavy atom. The zero-order valence-electron chi connectivity index (χ0n) is 12.1. The molecule has 2 fully saturated rings. The number of imide groups is 1. The highest BCUT2D eigenvalue weighted by molar-refractivity contribution is 6.31. The highest BCUT2D eigenvalue weighted by Gasteiger charge is 2.54. The molecule has 1 N–H and O–H groups in total. The number of halogens is 1. The zero-order chi connectivity index (χ0) is 15.0. The molecule has 2 aliphatic rings. The van der Waals surface area contributed by atoms with Crippen LogP contribution in [-0.2, 0) is 11.3 Å². The van der Waals surface area contributed by atoms with Crippen LogP contribution in [0.15, 0.2) is 24.3 Å². The lowest BCUT2D eigenvalue weighted by molar-refractivity contribution is -0.134. The lowest BCUT2D eigenvalue weighted by Gasteiger charge is -2.36. The van der Waals surface area contributed by atoms with Gasteiger partial charge in [-0.05, 0) is 30.4 Å². The van der Waals surface area contributed by atoms with E-state index in [-0.39, 0.29) is 24.4 Å². The number of urea groups is 1. The van der Waals surface area contributed by atoms with E-state index in [0.717, 1.165) is 31.2 Å². The molecule has 1 saturated heterocycles. The Morgan fingerprint density at radius 1 is 1.33 bits per heavy atom. The molecule has 0 aromatic heterocycles. The Labute approximate surface area is 129 Å². The summed E-state index contributed by atoms with van der Waals surface area (Å²) in [5.74, 6) is 0.0820. The van der Waals surface area contributed by atoms with Crippen LogP contribution in [0.2, 0.25) is 5.02 Å². The van der Waals surface area contributed by atoms with Gasteiger partial charge in [0.1, 0.15) is 5.54 Å². The van der Waals surface area contributed by atoms with Crippen LogP contribution in [0.3, 0.4) is 0 Å². The minimum absolute atomic E-state index is 0.0976. The second kappa shape index (κ2) is 5.34. The van der Waals surface area contributed by atoms with Gasteiger partial charge >= 0.3 is 6.03 Å². The number of rotatable bonds is 2. The first kappa shape index (κ1) is 14.4. The first-order valence-corrected chi connectivity index (χ1v) is 7.80. The zero-order valence-corrected chi connectivity index (χ0v) is 12.8. The fourth-order valence-corrected chi connectivity index (χ4v) is 3.63. The van der Waals surface area contributed by atoms with E-state index in [1.807, 2.05) is 18.2 Å². The van der Waals surface area contributed by atoms with Crippen molar-refractivity contribution >= 4 is 23.5 Å². The summed E-state index contributed by atoms with van der Waals surface area (Å²) in [5.41, 5.74) is 0.0968. The van der Waals surface area contributed by atoms with Crippen LogP contribution in [0.1, 0.15) is 38.2 Å². The molecule has 1 aromatic carbocycles. The van der Waals surface area contributed by atoms with Gasteiger partial charge in [0.15, 0.2) is 0 Å². The van der Waals surface area contributed by atoms with Gasteiger partial charge in [-0.25, -0.2) is 4.79 Å². The molecule has 1 aromatic rings. The summed E-state index contributed by atoms with van der Waals surface area (Å²) in [7, 11) is 0. The third-order valence-electron chi connectivity index (χ3n) is 4.79. The molecule has 1 heterocycles. The summed E-state index contributed by atoms with van der Waals surface area (Å²) < 4.78 is 0. The van der Waals surface area contributed by atoms with E-state index >= 15 is 0 Å². The van der Waals surface area contributed by atoms with Gasteiger partial charge in [0.05, 0.1) is 6.54 Å². The van der Waals surface area contributed by atoms with E-state index in [0.29, 0.717) is 5.02 Å². The minimum Gasteiger partial charge on any atom is -0.323 e. The highest BCUT2D eigenvalue weighted by atomic mass is 35.5. The van der Waals surface area contributed by atoms with Gasteiger partial charge in [0.25, 0.3) is 5.91 Å². The fourth-order valence-electron chi connectivity index (χ4n) is 3.44. The van der Waals surface area contributed by atoms with Crippen molar-refractivity contribution in [1.82, 2.24) is 10.2 Å². The second-order valence-electron chi connectivity index (χ2n) is 6.03. The molecule has 0 radical (unpaired) electrons. The van der Waals surface area contributed by atoms with E-state index in [1.54, 1.807) is 6.07 Å². The van der Waals surface area contributed by atoms with Crippen LogP contribution < -0.4 is 5.32 Å². The van der Waals surface area contributed by atoms with E-state index in [1.165, 1.54) is 4.90 Å². The third-order valence-corrected chi connectivity index (χ3v) is 5.16. The number of amides is 3. The molecule has 112 valence electrons. The van der Waals surface area contributed by atoms with E-state index in [4.69, 9.17) is 11.6 Å². The van der Waals surface area contributed by atoms with Crippen LogP contribution in [0.25, 0.3) is 0 Å². The molecule has 1 aliphatic heterocycles. The predicted octanol–water partition coefficient (Wildman–Crippen LogP) is 3.34. The largest absolute Gasteiger partial charge is 0.325 e. The number of carbonyl (C=O) groups excluding carboxylic acids is 2. The summed E-state index contributed by atoms with van der Waals surface area (Å²) in [6.07, 6.45) is 3.82. The number of hydrogen-bond donors (Lipinski definition) is 1. The van der Waals surface area contributed by atoms with Crippen LogP contribution in [-0.4, -0.2) is 22.4 Å². The Bertz CT molecular complexity index is 589. The molecule has 1 spiro atoms. The minimum atomic E-state index is -0.698. The molecule has 0 bridgehead atoms. The predicted molar refractivity (Wildman–Crippen MR) is 80.9 cm³/mol. The third kappa shape index (κ3) is 2.31. The molecule has 5 heteroatoms. The van der Waals surface area contributed by atoms with Crippen molar-refractivity contribution in [2.45, 2.75) is 44.7 Å². The molecule has 2 atom stereocenters. The van der Waals surface area contributed by atoms with Gasteiger partial charge in [0.2, 0.25) is 0 Å². The van der Waals surface area contributed by atoms with Crippen LogP contribution >= 0.6 is 11.6 Å². The standard InChI is InChI=1S/C16H19ClN2O2/c1-11-6-4-5-9-16(11)14(20)19(15(21)18-16)10-12-7-2-3-8-13(12)17/h2-3,7-8,11H,4-6,9-10H2,1H3,(H,18,21)/t11-,16+/m0/s1. The first-order chi connectivity index (χ1) is 10.0. The van der Waals surface area contributed by atoms with Crippen molar-refractivity contribution in [1.29, 1.82) is 0 Å². The first-order valence-electron chi connectivity index (χ1n) is 7.42. The molecule has 1 saturated carbocycles. The molecule has 0 unspecified atom stereocenters. The van der Waals surface area contributed by atoms with E-state index < -0.39 is 5.54 Å². The summed E-state index contributed by atoms with van der Waals surface area (Å²) in [5, 5.41) is 3.53. The molecule has 3 amide bonds. The Kier molecular flexibility index (Phi) is 3.66. The van der Waals surface area contributed by atoms with Crippen molar-refractivity contribution < 1.29 is 9.59 Å². The smallest absolute Gasteiger partial charge is 0.323 e. The molecule has 21 heavy (non-hydrogen) atoms. The number of nitrogens with one attached hydrogen (secondary N) is 1. The van der Waals surface area contributed by atoms with Crippen LogP contribution in [0, 0.1) is 5.92 Å². The van der Waals surface area contributed by atoms with Crippen molar-refractivity contribution in [3.05, 3.63) is 34.9 Å². The summed E-state index contributed by atoms with van der Waals surface area (Å²) in [6, 6.07) is 7.02. The van der Waals surface area contributed by atoms with Gasteiger partial charge < -0.3 is 5.32 Å². The molecular formula is C16H19ClN2O2. The lowest BCUT2D eigenvalue weighted by atomic mass is 9.73. The highest BCUT2D eigenvalue weighted by Crippen LogP contribution is 2.38. The van der Waals surface area contributed by atoms with Gasteiger partial charge in [-0.2, -0.15) is 0 Å². The molecular weight excluding hydrogens is 288 g/mol. The summed E-state index contributed by atoms with van der Waals surface area (Å²) >= 11 is 6.13. The van der Waals surface area contributed by atoms with Gasteiger partial charge in [-0.3, -0.25) is 9.69 Å². The maximum Gasteiger partial charge on any atom is 0.325 e.